The van der Waals surface area contributed by atoms with Crippen molar-refractivity contribution < 1.29 is 38.2 Å². The van der Waals surface area contributed by atoms with E-state index in [1.807, 2.05) is 0 Å². The Morgan fingerprint density at radius 1 is 1.29 bits per heavy atom. The number of hydrogen-bond acceptors (Lipinski definition) is 14. The maximum absolute atomic E-state index is 13.4. The molecule has 3 unspecified atom stereocenters. The predicted molar refractivity (Wildman–Crippen MR) is 155 cm³/mol. The van der Waals surface area contributed by atoms with Crippen LogP contribution in [0.2, 0.25) is 0 Å². The average molecular weight is 628 g/mol. The zero-order valence-electron chi connectivity index (χ0n) is 23.2. The van der Waals surface area contributed by atoms with Gasteiger partial charge < -0.3 is 30.1 Å². The first kappa shape index (κ1) is 31.1. The van der Waals surface area contributed by atoms with Crippen molar-refractivity contribution in [3.8, 4) is 0 Å². The molecule has 41 heavy (non-hydrogen) atoms. The Kier molecular flexibility index (Phi) is 10.2. The maximum atomic E-state index is 13.4. The average Bonchev–Trinajstić information content (AvgIpc) is 3.38. The maximum Gasteiger partial charge on any atom is 0.358 e. The molecule has 0 radical (unpaired) electrons. The van der Waals surface area contributed by atoms with Crippen LogP contribution in [0.3, 0.4) is 0 Å². The SMILES string of the molecule is CO/N=C(\C(=O)NC1C(=O)N2C(C(=O)OCOC(=O)C(C)(C)C)=C(SCC3CCCCO3)CSC12)c1csc(N)n1. The highest BCUT2D eigenvalue weighted by Gasteiger charge is 2.55. The lowest BCUT2D eigenvalue weighted by atomic mass is 9.98. The summed E-state index contributed by atoms with van der Waals surface area (Å²) in [7, 11) is 1.29. The Hall–Kier alpha value is -2.82. The second-order valence-corrected chi connectivity index (χ2v) is 13.5. The number of ether oxygens (including phenoxy) is 3. The van der Waals surface area contributed by atoms with Gasteiger partial charge in [0.2, 0.25) is 6.79 Å². The summed E-state index contributed by atoms with van der Waals surface area (Å²) in [5, 5.41) is 7.68. The third-order valence-corrected chi connectivity index (χ3v) is 9.65. The number of nitrogen functional groups attached to an aromatic ring is 1. The fourth-order valence-electron chi connectivity index (χ4n) is 4.15. The second-order valence-electron chi connectivity index (χ2n) is 10.4. The predicted octanol–water partition coefficient (Wildman–Crippen LogP) is 2.08. The van der Waals surface area contributed by atoms with Crippen molar-refractivity contribution in [3.05, 3.63) is 21.7 Å². The van der Waals surface area contributed by atoms with E-state index in [4.69, 9.17) is 24.8 Å². The molecule has 3 aliphatic heterocycles. The number of nitrogens with two attached hydrogens (primary N) is 1. The number of rotatable bonds is 10. The van der Waals surface area contributed by atoms with Gasteiger partial charge in [0.25, 0.3) is 11.8 Å². The number of oxime groups is 1. The molecule has 3 aliphatic rings. The normalized spacial score (nSPS) is 22.9. The monoisotopic (exact) mass is 627 g/mol. The number of nitrogens with zero attached hydrogens (tertiary/aromatic N) is 3. The molecule has 0 spiro atoms. The van der Waals surface area contributed by atoms with Gasteiger partial charge in [-0.3, -0.25) is 19.3 Å². The van der Waals surface area contributed by atoms with Gasteiger partial charge >= 0.3 is 11.9 Å². The Bertz CT molecular complexity index is 1240. The van der Waals surface area contributed by atoms with Crippen LogP contribution in [0.25, 0.3) is 0 Å². The number of amides is 2. The van der Waals surface area contributed by atoms with Crippen LogP contribution in [0, 0.1) is 5.41 Å². The van der Waals surface area contributed by atoms with Crippen LogP contribution in [-0.2, 0) is 38.2 Å². The van der Waals surface area contributed by atoms with E-state index < -0.39 is 47.4 Å². The largest absolute Gasteiger partial charge is 0.427 e. The van der Waals surface area contributed by atoms with E-state index in [1.54, 1.807) is 26.2 Å². The van der Waals surface area contributed by atoms with Crippen LogP contribution in [0.1, 0.15) is 45.7 Å². The Morgan fingerprint density at radius 2 is 2.07 bits per heavy atom. The van der Waals surface area contributed by atoms with Crippen molar-refractivity contribution >= 4 is 69.5 Å². The number of carbonyl (C=O) groups excluding carboxylic acids is 4. The molecule has 1 aromatic rings. The number of thiazole rings is 1. The van der Waals surface area contributed by atoms with Gasteiger partial charge in [-0.15, -0.1) is 34.9 Å². The molecule has 2 fully saturated rings. The third kappa shape index (κ3) is 7.34. The lowest BCUT2D eigenvalue weighted by molar-refractivity contribution is -0.173. The number of aromatic nitrogens is 1. The number of hydrogen-bond donors (Lipinski definition) is 2. The van der Waals surface area contributed by atoms with Gasteiger partial charge in [0.15, 0.2) is 10.8 Å². The summed E-state index contributed by atoms with van der Waals surface area (Å²) in [5.41, 5.74) is 5.08. The van der Waals surface area contributed by atoms with E-state index in [1.165, 1.54) is 35.5 Å². The molecule has 3 atom stereocenters. The van der Waals surface area contributed by atoms with Gasteiger partial charge in [-0.2, -0.15) is 0 Å². The van der Waals surface area contributed by atoms with Crippen LogP contribution in [-0.4, -0.2) is 88.9 Å². The highest BCUT2D eigenvalue weighted by Crippen LogP contribution is 2.44. The van der Waals surface area contributed by atoms with Gasteiger partial charge in [0, 0.05) is 28.4 Å². The molecule has 4 heterocycles. The summed E-state index contributed by atoms with van der Waals surface area (Å²) in [4.78, 5) is 62.7. The zero-order chi connectivity index (χ0) is 29.7. The highest BCUT2D eigenvalue weighted by molar-refractivity contribution is 8.06. The van der Waals surface area contributed by atoms with Crippen molar-refractivity contribution in [2.24, 2.45) is 10.6 Å². The summed E-state index contributed by atoms with van der Waals surface area (Å²) in [6.07, 6.45) is 3.06. The summed E-state index contributed by atoms with van der Waals surface area (Å²) < 4.78 is 16.2. The third-order valence-electron chi connectivity index (χ3n) is 6.29. The van der Waals surface area contributed by atoms with Crippen molar-refractivity contribution in [1.82, 2.24) is 15.2 Å². The first-order chi connectivity index (χ1) is 19.5. The van der Waals surface area contributed by atoms with E-state index in [-0.39, 0.29) is 28.3 Å². The first-order valence-corrected chi connectivity index (χ1v) is 15.8. The standard InChI is InChI=1S/C25H33N5O8S3/c1-25(2,3)23(34)38-12-37-22(33)18-15(39-9-13-7-5-6-8-36-13)11-40-21-17(20(32)30(18)21)28-19(31)16(29-35-4)14-10-41-24(26)27-14/h10,13,17,21H,5-9,11-12H2,1-4H3,(H2,26,27)(H,28,31)/b29-16-. The van der Waals surface area contributed by atoms with E-state index in [9.17, 15) is 19.2 Å². The van der Waals surface area contributed by atoms with Crippen LogP contribution >= 0.6 is 34.9 Å². The number of anilines is 1. The van der Waals surface area contributed by atoms with Gasteiger partial charge in [0.1, 0.15) is 29.9 Å². The van der Waals surface area contributed by atoms with Gasteiger partial charge in [-0.25, -0.2) is 9.78 Å². The Morgan fingerprint density at radius 3 is 2.71 bits per heavy atom. The molecule has 0 aromatic carbocycles. The van der Waals surface area contributed by atoms with Crippen LogP contribution in [0.5, 0.6) is 0 Å². The molecule has 0 saturated carbocycles. The van der Waals surface area contributed by atoms with E-state index in [0.29, 0.717) is 23.0 Å². The summed E-state index contributed by atoms with van der Waals surface area (Å²) in [6, 6.07) is -0.930. The van der Waals surface area contributed by atoms with Crippen LogP contribution in [0.15, 0.2) is 21.1 Å². The van der Waals surface area contributed by atoms with Crippen LogP contribution in [0.4, 0.5) is 5.13 Å². The first-order valence-electron chi connectivity index (χ1n) is 12.9. The Balaban J connectivity index is 1.49. The van der Waals surface area contributed by atoms with Crippen molar-refractivity contribution in [2.75, 3.05) is 37.7 Å². The summed E-state index contributed by atoms with van der Waals surface area (Å²) in [6.45, 7) is 5.16. The molecule has 0 bridgehead atoms. The second kappa shape index (κ2) is 13.4. The molecular formula is C25H33N5O8S3. The van der Waals surface area contributed by atoms with Crippen molar-refractivity contribution in [3.63, 3.8) is 0 Å². The molecule has 16 heteroatoms. The number of carbonyl (C=O) groups is 4. The summed E-state index contributed by atoms with van der Waals surface area (Å²) >= 11 is 3.99. The molecule has 2 amide bonds. The fraction of sp³-hybridized carbons (Fsp3) is 0.600. The number of nitrogens with one attached hydrogen (secondary N) is 1. The highest BCUT2D eigenvalue weighted by atomic mass is 32.2. The number of fused-ring (bicyclic) bond motifs is 1. The number of β-lactam (4-membered cyclic amide) rings is 1. The molecule has 224 valence electrons. The quantitative estimate of drug-likeness (QED) is 0.127. The minimum Gasteiger partial charge on any atom is -0.427 e. The topological polar surface area (TPSA) is 172 Å². The summed E-state index contributed by atoms with van der Waals surface area (Å²) in [5.74, 6) is -1.46. The number of esters is 2. The fourth-order valence-corrected chi connectivity index (χ4v) is 7.39. The van der Waals surface area contributed by atoms with Gasteiger partial charge in [-0.1, -0.05) is 5.16 Å². The smallest absolute Gasteiger partial charge is 0.358 e. The minimum atomic E-state index is -0.930. The van der Waals surface area contributed by atoms with Gasteiger partial charge in [0.05, 0.1) is 11.5 Å². The van der Waals surface area contributed by atoms with E-state index in [0.717, 1.165) is 30.6 Å². The lowest BCUT2D eigenvalue weighted by Crippen LogP contribution is -2.71. The van der Waals surface area contributed by atoms with Crippen molar-refractivity contribution in [1.29, 1.82) is 0 Å². The molecule has 1 aromatic heterocycles. The molecule has 0 aliphatic carbocycles. The number of thioether (sulfide) groups is 2. The molecular weight excluding hydrogens is 595 g/mol. The van der Waals surface area contributed by atoms with Gasteiger partial charge in [-0.05, 0) is 40.0 Å². The minimum absolute atomic E-state index is 0.0476. The lowest BCUT2D eigenvalue weighted by Gasteiger charge is -2.49. The molecule has 3 N–H and O–H groups in total. The van der Waals surface area contributed by atoms with E-state index in [2.05, 4.69) is 15.5 Å². The zero-order valence-corrected chi connectivity index (χ0v) is 25.6. The Labute approximate surface area is 249 Å². The van der Waals surface area contributed by atoms with Crippen LogP contribution < -0.4 is 11.1 Å². The van der Waals surface area contributed by atoms with E-state index >= 15 is 0 Å². The molecule has 2 saturated heterocycles. The van der Waals surface area contributed by atoms with Crippen molar-refractivity contribution in [2.45, 2.75) is 57.6 Å². The molecule has 13 nitrogen and oxygen atoms in total. The molecule has 4 rings (SSSR count).